The smallest absolute Gasteiger partial charge is 0.314 e. The zero-order chi connectivity index (χ0) is 18.9. The number of hydrogen-bond donors (Lipinski definition) is 2. The molecule has 0 radical (unpaired) electrons. The van der Waals surface area contributed by atoms with Crippen LogP contribution in [0.1, 0.15) is 50.3 Å². The molecular weight excluding hydrogens is 332 g/mol. The van der Waals surface area contributed by atoms with Gasteiger partial charge in [-0.2, -0.15) is 4.98 Å². The van der Waals surface area contributed by atoms with Crippen LogP contribution in [-0.4, -0.2) is 59.4 Å². The zero-order valence-electron chi connectivity index (χ0n) is 16.0. The fourth-order valence-corrected chi connectivity index (χ4v) is 4.29. The lowest BCUT2D eigenvalue weighted by Gasteiger charge is -2.44. The van der Waals surface area contributed by atoms with Crippen molar-refractivity contribution in [2.75, 3.05) is 37.0 Å². The maximum Gasteiger partial charge on any atom is 0.314 e. The van der Waals surface area contributed by atoms with Crippen LogP contribution in [0.2, 0.25) is 0 Å². The van der Waals surface area contributed by atoms with Crippen LogP contribution >= 0.6 is 0 Å². The molecule has 2 N–H and O–H groups in total. The van der Waals surface area contributed by atoms with Gasteiger partial charge >= 0.3 is 5.97 Å². The minimum absolute atomic E-state index is 0.299. The number of nitrogens with zero attached hydrogens (tertiary/aromatic N) is 4. The predicted octanol–water partition coefficient (Wildman–Crippen LogP) is 1.86. The van der Waals surface area contributed by atoms with Crippen LogP contribution in [0.4, 0.5) is 11.8 Å². The first-order chi connectivity index (χ1) is 12.4. The standard InChI is InChI=1S/C19H30N4O3/c1-4-10-19(17(25)26)12-23(11-9-15(19)24)16-13-7-5-6-8-14(13)20-18(21-16)22(2)3/h15,24H,4-12H2,1-3H3,(H,25,26)/t15-,19+/m0/s1. The van der Waals surface area contributed by atoms with Gasteiger partial charge in [0.15, 0.2) is 0 Å². The molecule has 7 heteroatoms. The monoisotopic (exact) mass is 362 g/mol. The summed E-state index contributed by atoms with van der Waals surface area (Å²) in [6.45, 7) is 2.89. The highest BCUT2D eigenvalue weighted by molar-refractivity contribution is 5.77. The molecule has 0 aromatic carbocycles. The Kier molecular flexibility index (Phi) is 5.37. The van der Waals surface area contributed by atoms with Gasteiger partial charge in [-0.25, -0.2) is 4.98 Å². The molecule has 144 valence electrons. The molecule has 1 aliphatic heterocycles. The third-order valence-electron chi connectivity index (χ3n) is 5.75. The fourth-order valence-electron chi connectivity index (χ4n) is 4.29. The summed E-state index contributed by atoms with van der Waals surface area (Å²) in [5.74, 6) is 0.627. The van der Waals surface area contributed by atoms with E-state index >= 15 is 0 Å². The molecule has 2 atom stereocenters. The van der Waals surface area contributed by atoms with Gasteiger partial charge in [0.25, 0.3) is 0 Å². The van der Waals surface area contributed by atoms with Crippen molar-refractivity contribution in [3.05, 3.63) is 11.3 Å². The molecule has 1 fully saturated rings. The van der Waals surface area contributed by atoms with Gasteiger partial charge in [0.2, 0.25) is 5.95 Å². The Morgan fingerprint density at radius 2 is 2.04 bits per heavy atom. The molecule has 2 aliphatic rings. The highest BCUT2D eigenvalue weighted by Crippen LogP contribution is 2.39. The van der Waals surface area contributed by atoms with Gasteiger partial charge in [0, 0.05) is 32.7 Å². The number of carboxylic acids is 1. The van der Waals surface area contributed by atoms with Crippen molar-refractivity contribution in [3.8, 4) is 0 Å². The number of hydrogen-bond acceptors (Lipinski definition) is 6. The van der Waals surface area contributed by atoms with E-state index in [1.165, 1.54) is 0 Å². The van der Waals surface area contributed by atoms with Gasteiger partial charge in [-0.3, -0.25) is 4.79 Å². The summed E-state index contributed by atoms with van der Waals surface area (Å²) in [7, 11) is 3.85. The third-order valence-corrected chi connectivity index (χ3v) is 5.75. The lowest BCUT2D eigenvalue weighted by molar-refractivity contribution is -0.158. The second kappa shape index (κ2) is 7.39. The van der Waals surface area contributed by atoms with Gasteiger partial charge in [-0.1, -0.05) is 13.3 Å². The highest BCUT2D eigenvalue weighted by atomic mass is 16.4. The number of rotatable bonds is 5. The first-order valence-corrected chi connectivity index (χ1v) is 9.62. The molecule has 0 spiro atoms. The SMILES string of the molecule is CCC[C@@]1(C(=O)O)CN(c2nc(N(C)C)nc3c2CCCC3)CC[C@@H]1O. The van der Waals surface area contributed by atoms with E-state index in [-0.39, 0.29) is 0 Å². The number of aryl methyl sites for hydroxylation is 1. The van der Waals surface area contributed by atoms with Crippen LogP contribution < -0.4 is 9.80 Å². The molecule has 0 unspecified atom stereocenters. The number of anilines is 2. The molecular formula is C19H30N4O3. The van der Waals surface area contributed by atoms with E-state index in [2.05, 4.69) is 4.90 Å². The molecule has 0 bridgehead atoms. The minimum atomic E-state index is -1.13. The van der Waals surface area contributed by atoms with Crippen LogP contribution in [0.15, 0.2) is 0 Å². The molecule has 0 saturated carbocycles. The zero-order valence-corrected chi connectivity index (χ0v) is 16.0. The molecule has 1 aromatic heterocycles. The number of aliphatic hydroxyl groups excluding tert-OH is 1. The summed E-state index contributed by atoms with van der Waals surface area (Å²) in [4.78, 5) is 25.6. The van der Waals surface area contributed by atoms with E-state index in [9.17, 15) is 15.0 Å². The summed E-state index contributed by atoms with van der Waals surface area (Å²) in [6, 6.07) is 0. The van der Waals surface area contributed by atoms with Gasteiger partial charge in [0.05, 0.1) is 11.8 Å². The normalized spacial score (nSPS) is 25.7. The lowest BCUT2D eigenvalue weighted by atomic mass is 9.74. The Labute approximate surface area is 155 Å². The number of aliphatic carboxylic acids is 1. The minimum Gasteiger partial charge on any atom is -0.481 e. The number of carboxylic acid groups (broad SMARTS) is 1. The van der Waals surface area contributed by atoms with Crippen molar-refractivity contribution in [2.24, 2.45) is 5.41 Å². The van der Waals surface area contributed by atoms with Crippen LogP contribution in [-0.2, 0) is 17.6 Å². The summed E-state index contributed by atoms with van der Waals surface area (Å²) in [5.41, 5.74) is 1.12. The predicted molar refractivity (Wildman–Crippen MR) is 101 cm³/mol. The van der Waals surface area contributed by atoms with Gasteiger partial charge in [-0.15, -0.1) is 0 Å². The van der Waals surface area contributed by atoms with Crippen LogP contribution in [0.25, 0.3) is 0 Å². The van der Waals surface area contributed by atoms with E-state index < -0.39 is 17.5 Å². The van der Waals surface area contributed by atoms with Crippen LogP contribution in [0, 0.1) is 5.41 Å². The quantitative estimate of drug-likeness (QED) is 0.826. The molecule has 1 aromatic rings. The second-order valence-electron chi connectivity index (χ2n) is 7.81. The fraction of sp³-hybridized carbons (Fsp3) is 0.737. The Hall–Kier alpha value is -1.89. The van der Waals surface area contributed by atoms with Gasteiger partial charge < -0.3 is 20.0 Å². The van der Waals surface area contributed by atoms with E-state index in [1.807, 2.05) is 25.9 Å². The van der Waals surface area contributed by atoms with E-state index in [0.29, 0.717) is 31.9 Å². The first kappa shape index (κ1) is 18.9. The third kappa shape index (κ3) is 3.24. The second-order valence-corrected chi connectivity index (χ2v) is 7.81. The molecule has 1 aliphatic carbocycles. The molecule has 26 heavy (non-hydrogen) atoms. The highest BCUT2D eigenvalue weighted by Gasteiger charge is 2.49. The number of piperidine rings is 1. The number of carbonyl (C=O) groups is 1. The summed E-state index contributed by atoms with van der Waals surface area (Å²) >= 11 is 0. The molecule has 1 saturated heterocycles. The average molecular weight is 362 g/mol. The topological polar surface area (TPSA) is 89.8 Å². The summed E-state index contributed by atoms with van der Waals surface area (Å²) in [5, 5.41) is 20.4. The van der Waals surface area contributed by atoms with E-state index in [4.69, 9.17) is 9.97 Å². The van der Waals surface area contributed by atoms with Gasteiger partial charge in [-0.05, 0) is 38.5 Å². The Morgan fingerprint density at radius 1 is 1.31 bits per heavy atom. The Bertz CT molecular complexity index is 679. The summed E-state index contributed by atoms with van der Waals surface area (Å²) < 4.78 is 0. The molecule has 0 amide bonds. The van der Waals surface area contributed by atoms with Gasteiger partial charge in [0.1, 0.15) is 11.2 Å². The number of aliphatic hydroxyl groups is 1. The van der Waals surface area contributed by atoms with Crippen molar-refractivity contribution >= 4 is 17.7 Å². The molecule has 3 rings (SSSR count). The Balaban J connectivity index is 2.02. The van der Waals surface area contributed by atoms with Crippen molar-refractivity contribution in [1.29, 1.82) is 0 Å². The Morgan fingerprint density at radius 3 is 2.69 bits per heavy atom. The van der Waals surface area contributed by atoms with Crippen LogP contribution in [0.5, 0.6) is 0 Å². The molecule has 7 nitrogen and oxygen atoms in total. The van der Waals surface area contributed by atoms with Crippen molar-refractivity contribution in [3.63, 3.8) is 0 Å². The van der Waals surface area contributed by atoms with Crippen molar-refractivity contribution in [1.82, 2.24) is 9.97 Å². The number of aromatic nitrogens is 2. The number of fused-ring (bicyclic) bond motifs is 1. The average Bonchev–Trinajstić information content (AvgIpc) is 2.62. The largest absolute Gasteiger partial charge is 0.481 e. The maximum atomic E-state index is 12.1. The lowest BCUT2D eigenvalue weighted by Crippen LogP contribution is -2.56. The summed E-state index contributed by atoms with van der Waals surface area (Å²) in [6.07, 6.45) is 4.94. The molecule has 2 heterocycles. The maximum absolute atomic E-state index is 12.1. The van der Waals surface area contributed by atoms with Crippen molar-refractivity contribution in [2.45, 2.75) is 58.0 Å². The van der Waals surface area contributed by atoms with E-state index in [1.54, 1.807) is 0 Å². The van der Waals surface area contributed by atoms with Crippen LogP contribution in [0.3, 0.4) is 0 Å². The first-order valence-electron chi connectivity index (χ1n) is 9.62. The van der Waals surface area contributed by atoms with E-state index in [0.717, 1.165) is 49.2 Å². The van der Waals surface area contributed by atoms with Crippen molar-refractivity contribution < 1.29 is 15.0 Å².